The molecule has 29 heavy (non-hydrogen) atoms. The van der Waals surface area contributed by atoms with Crippen molar-refractivity contribution < 1.29 is 4.74 Å². The number of ether oxygens (including phenoxy) is 1. The first-order valence-corrected chi connectivity index (χ1v) is 11.5. The third kappa shape index (κ3) is 7.07. The molecule has 2 N–H and O–H groups in total. The van der Waals surface area contributed by atoms with Gasteiger partial charge in [0.05, 0.1) is 6.54 Å². The average molecular weight is 531 g/mol. The first-order chi connectivity index (χ1) is 13.8. The molecule has 2 heterocycles. The molecule has 0 amide bonds. The summed E-state index contributed by atoms with van der Waals surface area (Å²) >= 11 is 2.04. The molecule has 1 aromatic heterocycles. The number of nitrogens with one attached hydrogen (secondary N) is 2. The van der Waals surface area contributed by atoms with Gasteiger partial charge in [0.15, 0.2) is 5.96 Å². The Kier molecular flexibility index (Phi) is 10.7. The Morgan fingerprint density at radius 1 is 1.17 bits per heavy atom. The van der Waals surface area contributed by atoms with Crippen LogP contribution >= 0.6 is 35.7 Å². The summed E-state index contributed by atoms with van der Waals surface area (Å²) in [6.07, 6.45) is 5.43. The van der Waals surface area contributed by atoms with Crippen molar-refractivity contribution in [2.75, 3.05) is 38.6 Å². The predicted molar refractivity (Wildman–Crippen MR) is 137 cm³/mol. The molecule has 0 unspecified atom stereocenters. The molecule has 0 spiro atoms. The van der Waals surface area contributed by atoms with Crippen LogP contribution in [0, 0.1) is 0 Å². The molecule has 0 saturated carbocycles. The van der Waals surface area contributed by atoms with Crippen molar-refractivity contribution in [2.24, 2.45) is 4.99 Å². The SMILES string of the molecule is CCNC(=NCC1(SCC)CCOCC1)NCCCn1ccc2ccccc21.I. The van der Waals surface area contributed by atoms with E-state index in [1.54, 1.807) is 0 Å². The average Bonchev–Trinajstić information content (AvgIpc) is 3.13. The van der Waals surface area contributed by atoms with E-state index in [0.29, 0.717) is 0 Å². The molecule has 5 nitrogen and oxygen atoms in total. The van der Waals surface area contributed by atoms with Crippen molar-refractivity contribution in [1.82, 2.24) is 15.2 Å². The number of aromatic nitrogens is 1. The van der Waals surface area contributed by atoms with E-state index in [1.165, 1.54) is 10.9 Å². The van der Waals surface area contributed by atoms with Gasteiger partial charge in [-0.2, -0.15) is 11.8 Å². The molecule has 162 valence electrons. The third-order valence-electron chi connectivity index (χ3n) is 5.27. The summed E-state index contributed by atoms with van der Waals surface area (Å²) in [6.45, 7) is 9.72. The summed E-state index contributed by atoms with van der Waals surface area (Å²) < 4.78 is 8.14. The first kappa shape index (κ1) is 24.3. The fourth-order valence-corrected chi connectivity index (χ4v) is 4.98. The zero-order valence-corrected chi connectivity index (χ0v) is 20.8. The normalized spacial score (nSPS) is 16.4. The Labute approximate surface area is 196 Å². The molecule has 1 fully saturated rings. The van der Waals surface area contributed by atoms with E-state index in [4.69, 9.17) is 9.73 Å². The summed E-state index contributed by atoms with van der Waals surface area (Å²) in [5.41, 5.74) is 1.31. The quantitative estimate of drug-likeness (QED) is 0.217. The van der Waals surface area contributed by atoms with Gasteiger partial charge in [0, 0.05) is 49.3 Å². The molecule has 1 aliphatic rings. The maximum atomic E-state index is 5.58. The Hall–Kier alpha value is -0.930. The molecule has 1 saturated heterocycles. The van der Waals surface area contributed by atoms with Gasteiger partial charge in [-0.3, -0.25) is 4.99 Å². The smallest absolute Gasteiger partial charge is 0.191 e. The number of nitrogens with zero attached hydrogens (tertiary/aromatic N) is 2. The van der Waals surface area contributed by atoms with E-state index in [0.717, 1.165) is 70.4 Å². The number of aliphatic imine (C=N–C) groups is 1. The topological polar surface area (TPSA) is 50.6 Å². The molecule has 1 aliphatic heterocycles. The lowest BCUT2D eigenvalue weighted by Gasteiger charge is -2.35. The summed E-state index contributed by atoms with van der Waals surface area (Å²) in [6, 6.07) is 10.7. The Morgan fingerprint density at radius 3 is 2.72 bits per heavy atom. The second-order valence-electron chi connectivity index (χ2n) is 7.27. The van der Waals surface area contributed by atoms with E-state index in [9.17, 15) is 0 Å². The fraction of sp³-hybridized carbons (Fsp3) is 0.591. The lowest BCUT2D eigenvalue weighted by Crippen LogP contribution is -2.41. The van der Waals surface area contributed by atoms with Crippen LogP contribution in [-0.2, 0) is 11.3 Å². The third-order valence-corrected chi connectivity index (χ3v) is 6.71. The van der Waals surface area contributed by atoms with Crippen LogP contribution < -0.4 is 10.6 Å². The molecule has 0 radical (unpaired) electrons. The van der Waals surface area contributed by atoms with E-state index in [-0.39, 0.29) is 28.7 Å². The first-order valence-electron chi connectivity index (χ1n) is 10.5. The van der Waals surface area contributed by atoms with Gasteiger partial charge in [-0.15, -0.1) is 24.0 Å². The van der Waals surface area contributed by atoms with Crippen LogP contribution in [0.25, 0.3) is 10.9 Å². The fourth-order valence-electron chi connectivity index (χ4n) is 3.75. The molecule has 7 heteroatoms. The van der Waals surface area contributed by atoms with Crippen LogP contribution in [0.4, 0.5) is 0 Å². The van der Waals surface area contributed by atoms with E-state index in [2.05, 4.69) is 65.6 Å². The van der Waals surface area contributed by atoms with E-state index in [1.807, 2.05) is 11.8 Å². The molecule has 0 bridgehead atoms. The van der Waals surface area contributed by atoms with Gasteiger partial charge in [-0.05, 0) is 49.5 Å². The van der Waals surface area contributed by atoms with Crippen LogP contribution in [-0.4, -0.2) is 53.9 Å². The second-order valence-corrected chi connectivity index (χ2v) is 9.00. The number of guanidine groups is 1. The van der Waals surface area contributed by atoms with Crippen molar-refractivity contribution >= 4 is 52.6 Å². The minimum absolute atomic E-state index is 0. The summed E-state index contributed by atoms with van der Waals surface area (Å²) in [5, 5.41) is 8.22. The van der Waals surface area contributed by atoms with Gasteiger partial charge in [0.1, 0.15) is 0 Å². The van der Waals surface area contributed by atoms with Crippen LogP contribution in [0.1, 0.15) is 33.1 Å². The second kappa shape index (κ2) is 12.7. The molecule has 1 aromatic carbocycles. The van der Waals surface area contributed by atoms with Crippen molar-refractivity contribution in [3.63, 3.8) is 0 Å². The van der Waals surface area contributed by atoms with Gasteiger partial charge < -0.3 is 19.9 Å². The highest BCUT2D eigenvalue weighted by Crippen LogP contribution is 2.35. The zero-order valence-electron chi connectivity index (χ0n) is 17.7. The monoisotopic (exact) mass is 530 g/mol. The Bertz CT molecular complexity index is 753. The minimum atomic E-state index is 0. The number of para-hydroxylation sites is 1. The number of fused-ring (bicyclic) bond motifs is 1. The summed E-state index contributed by atoms with van der Waals surface area (Å²) in [7, 11) is 0. The number of hydrogen-bond acceptors (Lipinski definition) is 3. The number of hydrogen-bond donors (Lipinski definition) is 2. The van der Waals surface area contributed by atoms with Gasteiger partial charge in [0.25, 0.3) is 0 Å². The molecular weight excluding hydrogens is 495 g/mol. The summed E-state index contributed by atoms with van der Waals surface area (Å²) in [5.74, 6) is 2.06. The zero-order chi connectivity index (χ0) is 19.7. The standard InChI is InChI=1S/C22H34N4OS.HI/c1-3-23-21(25-18-22(28-4-2)11-16-27-17-12-22)24-13-7-14-26-15-10-19-8-5-6-9-20(19)26;/h5-6,8-10,15H,3-4,7,11-14,16-18H2,1-2H3,(H2,23,24,25);1H. The number of thioether (sulfide) groups is 1. The van der Waals surface area contributed by atoms with Crippen molar-refractivity contribution in [1.29, 1.82) is 0 Å². The highest BCUT2D eigenvalue weighted by atomic mass is 127. The van der Waals surface area contributed by atoms with Crippen LogP contribution in [0.5, 0.6) is 0 Å². The largest absolute Gasteiger partial charge is 0.381 e. The van der Waals surface area contributed by atoms with Crippen LogP contribution in [0.3, 0.4) is 0 Å². The van der Waals surface area contributed by atoms with Crippen molar-refractivity contribution in [2.45, 2.75) is 44.4 Å². The van der Waals surface area contributed by atoms with Gasteiger partial charge in [-0.25, -0.2) is 0 Å². The van der Waals surface area contributed by atoms with E-state index >= 15 is 0 Å². The predicted octanol–water partition coefficient (Wildman–Crippen LogP) is 4.51. The Morgan fingerprint density at radius 2 is 1.97 bits per heavy atom. The van der Waals surface area contributed by atoms with Crippen LogP contribution in [0.15, 0.2) is 41.5 Å². The van der Waals surface area contributed by atoms with E-state index < -0.39 is 0 Å². The maximum Gasteiger partial charge on any atom is 0.191 e. The van der Waals surface area contributed by atoms with Gasteiger partial charge >= 0.3 is 0 Å². The van der Waals surface area contributed by atoms with Gasteiger partial charge in [-0.1, -0.05) is 25.1 Å². The number of benzene rings is 1. The molecule has 0 aliphatic carbocycles. The number of aryl methyl sites for hydroxylation is 1. The lowest BCUT2D eigenvalue weighted by molar-refractivity contribution is 0.0793. The lowest BCUT2D eigenvalue weighted by atomic mass is 9.99. The molecule has 0 atom stereocenters. The van der Waals surface area contributed by atoms with Crippen molar-refractivity contribution in [3.05, 3.63) is 36.5 Å². The highest BCUT2D eigenvalue weighted by molar-refractivity contribution is 14.0. The maximum absolute atomic E-state index is 5.58. The van der Waals surface area contributed by atoms with Crippen LogP contribution in [0.2, 0.25) is 0 Å². The Balaban J connectivity index is 0.00000300. The number of rotatable bonds is 9. The number of halogens is 1. The summed E-state index contributed by atoms with van der Waals surface area (Å²) in [4.78, 5) is 4.92. The molecule has 2 aromatic rings. The minimum Gasteiger partial charge on any atom is -0.381 e. The highest BCUT2D eigenvalue weighted by Gasteiger charge is 2.32. The van der Waals surface area contributed by atoms with Gasteiger partial charge in [0.2, 0.25) is 0 Å². The molecule has 3 rings (SSSR count). The van der Waals surface area contributed by atoms with Crippen molar-refractivity contribution in [3.8, 4) is 0 Å². The molecular formula is C22H35IN4OS.